The van der Waals surface area contributed by atoms with Gasteiger partial charge in [-0.2, -0.15) is 0 Å². The molecule has 0 aromatic heterocycles. The Morgan fingerprint density at radius 1 is 1.03 bits per heavy atom. The van der Waals surface area contributed by atoms with Crippen LogP contribution in [-0.4, -0.2) is 58.6 Å². The summed E-state index contributed by atoms with van der Waals surface area (Å²) >= 11 is 0. The second kappa shape index (κ2) is 14.0. The predicted octanol–water partition coefficient (Wildman–Crippen LogP) is 5.93. The lowest BCUT2D eigenvalue weighted by molar-refractivity contribution is -0.172. The van der Waals surface area contributed by atoms with Gasteiger partial charge in [0.05, 0.1) is 6.04 Å². The van der Waals surface area contributed by atoms with Gasteiger partial charge < -0.3 is 14.4 Å². The van der Waals surface area contributed by atoms with E-state index in [1.54, 1.807) is 11.8 Å². The van der Waals surface area contributed by atoms with E-state index in [0.717, 1.165) is 44.9 Å². The average Bonchev–Trinajstić information content (AvgIpc) is 3.41. The third-order valence-electron chi connectivity index (χ3n) is 7.47. The van der Waals surface area contributed by atoms with E-state index in [0.29, 0.717) is 6.42 Å². The first kappa shape index (κ1) is 31.6. The third kappa shape index (κ3) is 9.88. The fraction of sp³-hybridized carbons (Fsp3) is 0.900. The molecule has 1 amide bonds. The van der Waals surface area contributed by atoms with Gasteiger partial charge in [-0.1, -0.05) is 72.6 Å². The Morgan fingerprint density at radius 2 is 1.62 bits per heavy atom. The molecule has 7 nitrogen and oxygen atoms in total. The molecule has 1 aliphatic heterocycles. The van der Waals surface area contributed by atoms with Crippen LogP contribution in [0.3, 0.4) is 0 Å². The fourth-order valence-electron chi connectivity index (χ4n) is 5.66. The first-order valence-electron chi connectivity index (χ1n) is 14.8. The minimum absolute atomic E-state index is 0.00974. The van der Waals surface area contributed by atoms with Gasteiger partial charge >= 0.3 is 11.9 Å². The quantitative estimate of drug-likeness (QED) is 0.238. The summed E-state index contributed by atoms with van der Waals surface area (Å²) in [5.41, 5.74) is -1.15. The van der Waals surface area contributed by atoms with E-state index in [1.807, 2.05) is 41.5 Å². The van der Waals surface area contributed by atoms with Crippen molar-refractivity contribution in [2.24, 2.45) is 5.41 Å². The van der Waals surface area contributed by atoms with Crippen LogP contribution in [0.15, 0.2) is 0 Å². The summed E-state index contributed by atoms with van der Waals surface area (Å²) in [4.78, 5) is 41.8. The molecule has 1 saturated carbocycles. The Labute approximate surface area is 225 Å². The number of cyclic esters (lactones) is 1. The van der Waals surface area contributed by atoms with Crippen molar-refractivity contribution in [2.75, 3.05) is 0 Å². The molecule has 0 bridgehead atoms. The second-order valence-corrected chi connectivity index (χ2v) is 13.3. The minimum Gasteiger partial charge on any atom is -0.461 e. The van der Waals surface area contributed by atoms with Gasteiger partial charge in [0.1, 0.15) is 23.8 Å². The summed E-state index contributed by atoms with van der Waals surface area (Å²) in [5, 5.41) is 3.26. The Morgan fingerprint density at radius 3 is 2.19 bits per heavy atom. The lowest BCUT2D eigenvalue weighted by Crippen LogP contribution is -2.61. The van der Waals surface area contributed by atoms with E-state index in [-0.39, 0.29) is 30.0 Å². The average molecular weight is 523 g/mol. The highest BCUT2D eigenvalue weighted by Crippen LogP contribution is 2.34. The van der Waals surface area contributed by atoms with Crippen LogP contribution >= 0.6 is 0 Å². The zero-order chi connectivity index (χ0) is 27.8. The minimum atomic E-state index is -0.706. The first-order chi connectivity index (χ1) is 17.2. The SMILES string of the molecule is CCCCCCCCC1CC(N[C@@H](C)C(=O)N(C2CCCC2)[C@H](C(=O)OC(C)(C)C)C(C)(C)C)C(=O)O1. The summed E-state index contributed by atoms with van der Waals surface area (Å²) in [6, 6.07) is -1.82. The molecule has 1 aliphatic carbocycles. The highest BCUT2D eigenvalue weighted by Gasteiger charge is 2.46. The Bertz CT molecular complexity index is 748. The lowest BCUT2D eigenvalue weighted by Gasteiger charge is -2.43. The Balaban J connectivity index is 2.08. The highest BCUT2D eigenvalue weighted by atomic mass is 16.6. The van der Waals surface area contributed by atoms with Crippen LogP contribution < -0.4 is 5.32 Å². The van der Waals surface area contributed by atoms with Gasteiger partial charge in [-0.15, -0.1) is 0 Å². The molecule has 1 saturated heterocycles. The van der Waals surface area contributed by atoms with Gasteiger partial charge in [0, 0.05) is 12.5 Å². The summed E-state index contributed by atoms with van der Waals surface area (Å²) in [6.07, 6.45) is 12.4. The number of nitrogens with zero attached hydrogens (tertiary/aromatic N) is 1. The summed E-state index contributed by atoms with van der Waals surface area (Å²) in [5.74, 6) is -0.792. The van der Waals surface area contributed by atoms with E-state index in [2.05, 4.69) is 12.2 Å². The highest BCUT2D eigenvalue weighted by molar-refractivity contribution is 5.89. The number of carbonyl (C=O) groups excluding carboxylic acids is 3. The molecule has 214 valence electrons. The molecule has 0 aromatic rings. The number of hydrogen-bond donors (Lipinski definition) is 1. The van der Waals surface area contributed by atoms with Crippen LogP contribution in [0.25, 0.3) is 0 Å². The predicted molar refractivity (Wildman–Crippen MR) is 147 cm³/mol. The molecule has 2 rings (SSSR count). The smallest absolute Gasteiger partial charge is 0.329 e. The maximum atomic E-state index is 14.0. The van der Waals surface area contributed by atoms with E-state index in [1.165, 1.54) is 25.7 Å². The van der Waals surface area contributed by atoms with Crippen molar-refractivity contribution in [1.82, 2.24) is 10.2 Å². The van der Waals surface area contributed by atoms with Crippen molar-refractivity contribution in [2.45, 2.75) is 168 Å². The van der Waals surface area contributed by atoms with Crippen LogP contribution in [0.4, 0.5) is 0 Å². The number of amides is 1. The van der Waals surface area contributed by atoms with Gasteiger partial charge in [-0.3, -0.25) is 14.9 Å². The molecule has 0 spiro atoms. The van der Waals surface area contributed by atoms with Crippen molar-refractivity contribution in [1.29, 1.82) is 0 Å². The maximum absolute atomic E-state index is 14.0. The van der Waals surface area contributed by atoms with Gasteiger partial charge in [0.15, 0.2) is 0 Å². The van der Waals surface area contributed by atoms with Crippen LogP contribution in [-0.2, 0) is 23.9 Å². The molecule has 7 heteroatoms. The molecule has 0 radical (unpaired) electrons. The largest absolute Gasteiger partial charge is 0.461 e. The van der Waals surface area contributed by atoms with Crippen molar-refractivity contribution in [3.8, 4) is 0 Å². The van der Waals surface area contributed by atoms with Crippen LogP contribution in [0, 0.1) is 5.41 Å². The number of nitrogens with one attached hydrogen (secondary N) is 1. The molecule has 2 aliphatic rings. The topological polar surface area (TPSA) is 84.9 Å². The molecule has 37 heavy (non-hydrogen) atoms. The number of rotatable bonds is 13. The molecule has 0 aromatic carbocycles. The first-order valence-corrected chi connectivity index (χ1v) is 14.8. The second-order valence-electron chi connectivity index (χ2n) is 13.3. The monoisotopic (exact) mass is 522 g/mol. The Hall–Kier alpha value is -1.63. The molecular weight excluding hydrogens is 468 g/mol. The van der Waals surface area contributed by atoms with Crippen LogP contribution in [0.2, 0.25) is 0 Å². The summed E-state index contributed by atoms with van der Waals surface area (Å²) in [7, 11) is 0. The Kier molecular flexibility index (Phi) is 11.9. The van der Waals surface area contributed by atoms with Gasteiger partial charge in [-0.25, -0.2) is 4.79 Å². The molecule has 4 atom stereocenters. The number of carbonyl (C=O) groups is 3. The van der Waals surface area contributed by atoms with Crippen molar-refractivity contribution in [3.63, 3.8) is 0 Å². The van der Waals surface area contributed by atoms with Crippen molar-refractivity contribution >= 4 is 17.8 Å². The normalized spacial score (nSPS) is 22.5. The third-order valence-corrected chi connectivity index (χ3v) is 7.47. The number of esters is 2. The lowest BCUT2D eigenvalue weighted by atomic mass is 9.84. The van der Waals surface area contributed by atoms with E-state index < -0.39 is 29.1 Å². The standard InChI is InChI=1S/C30H54N2O5/c1-9-10-11-12-13-14-19-23-20-24(27(34)36-23)31-21(2)26(33)32(22-17-15-16-18-22)25(29(3,4)5)28(35)37-30(6,7)8/h21-25,31H,9-20H2,1-8H3/t21-,23?,24?,25+/m0/s1. The number of ether oxygens (including phenoxy) is 2. The zero-order valence-electron chi connectivity index (χ0n) is 24.9. The van der Waals surface area contributed by atoms with E-state index in [4.69, 9.17) is 9.47 Å². The summed E-state index contributed by atoms with van der Waals surface area (Å²) in [6.45, 7) is 15.5. The van der Waals surface area contributed by atoms with E-state index in [9.17, 15) is 14.4 Å². The van der Waals surface area contributed by atoms with E-state index >= 15 is 0 Å². The van der Waals surface area contributed by atoms with Crippen LogP contribution in [0.1, 0.15) is 132 Å². The summed E-state index contributed by atoms with van der Waals surface area (Å²) < 4.78 is 11.4. The molecular formula is C30H54N2O5. The zero-order valence-corrected chi connectivity index (χ0v) is 24.9. The molecule has 2 unspecified atom stereocenters. The molecule has 2 fully saturated rings. The van der Waals surface area contributed by atoms with Crippen molar-refractivity contribution in [3.05, 3.63) is 0 Å². The van der Waals surface area contributed by atoms with Crippen LogP contribution in [0.5, 0.6) is 0 Å². The fourth-order valence-corrected chi connectivity index (χ4v) is 5.66. The number of unbranched alkanes of at least 4 members (excludes halogenated alkanes) is 5. The van der Waals surface area contributed by atoms with Gasteiger partial charge in [-0.05, 0) is 58.8 Å². The van der Waals surface area contributed by atoms with Gasteiger partial charge in [0.25, 0.3) is 0 Å². The van der Waals surface area contributed by atoms with Crippen molar-refractivity contribution < 1.29 is 23.9 Å². The molecule has 1 N–H and O–H groups in total. The maximum Gasteiger partial charge on any atom is 0.329 e. The molecule has 1 heterocycles. The van der Waals surface area contributed by atoms with Gasteiger partial charge in [0.2, 0.25) is 5.91 Å². The number of hydrogen-bond acceptors (Lipinski definition) is 6.